The smallest absolute Gasteiger partial charge is 0.262 e. The van der Waals surface area contributed by atoms with Crippen molar-refractivity contribution in [1.82, 2.24) is 9.97 Å². The highest BCUT2D eigenvalue weighted by Gasteiger charge is 2.24. The Hall–Kier alpha value is -3.36. The van der Waals surface area contributed by atoms with Crippen LogP contribution in [0.4, 0.5) is 27.8 Å². The van der Waals surface area contributed by atoms with E-state index in [0.717, 1.165) is 37.5 Å². The molecule has 0 aliphatic rings. The molecule has 1 heterocycles. The molecule has 3 aromatic rings. The highest BCUT2D eigenvalue weighted by molar-refractivity contribution is 6.04. The van der Waals surface area contributed by atoms with Crippen LogP contribution in [0, 0.1) is 36.0 Å². The van der Waals surface area contributed by atoms with Crippen molar-refractivity contribution in [2.45, 2.75) is 20.3 Å². The van der Waals surface area contributed by atoms with E-state index >= 15 is 0 Å². The van der Waals surface area contributed by atoms with Gasteiger partial charge in [0.25, 0.3) is 5.91 Å². The monoisotopic (exact) mass is 407 g/mol. The van der Waals surface area contributed by atoms with E-state index in [1.54, 1.807) is 0 Å². The van der Waals surface area contributed by atoms with Gasteiger partial charge in [0.05, 0.1) is 18.1 Å². The van der Waals surface area contributed by atoms with Crippen LogP contribution in [0.15, 0.2) is 30.6 Å². The van der Waals surface area contributed by atoms with Crippen LogP contribution in [0.1, 0.15) is 28.4 Å². The van der Waals surface area contributed by atoms with Crippen LogP contribution in [-0.4, -0.2) is 15.9 Å². The van der Waals surface area contributed by atoms with E-state index in [9.17, 15) is 26.7 Å². The Balaban J connectivity index is 1.95. The predicted octanol–water partition coefficient (Wildman–Crippen LogP) is 4.96. The molecule has 0 spiro atoms. The summed E-state index contributed by atoms with van der Waals surface area (Å²) in [5.41, 5.74) is -1.83. The zero-order chi connectivity index (χ0) is 21.3. The maximum absolute atomic E-state index is 14.6. The molecule has 0 saturated heterocycles. The number of anilines is 1. The Labute approximate surface area is 162 Å². The molecule has 0 unspecified atom stereocenters. The average Bonchev–Trinajstić information content (AvgIpc) is 2.69. The Morgan fingerprint density at radius 2 is 1.62 bits per heavy atom. The van der Waals surface area contributed by atoms with Gasteiger partial charge in [-0.2, -0.15) is 0 Å². The summed E-state index contributed by atoms with van der Waals surface area (Å²) >= 11 is 0. The van der Waals surface area contributed by atoms with E-state index in [0.29, 0.717) is 0 Å². The number of aromatic nitrogens is 2. The first-order valence-corrected chi connectivity index (χ1v) is 8.49. The molecule has 0 aliphatic heterocycles. The average molecular weight is 407 g/mol. The van der Waals surface area contributed by atoms with Crippen molar-refractivity contribution in [3.63, 3.8) is 0 Å². The zero-order valence-electron chi connectivity index (χ0n) is 15.3. The highest BCUT2D eigenvalue weighted by Crippen LogP contribution is 2.32. The second kappa shape index (κ2) is 7.94. The van der Waals surface area contributed by atoms with Crippen molar-refractivity contribution >= 4 is 11.7 Å². The number of halogens is 5. The van der Waals surface area contributed by atoms with Crippen LogP contribution in [0.3, 0.4) is 0 Å². The third-order valence-corrected chi connectivity index (χ3v) is 4.33. The molecule has 4 nitrogen and oxygen atoms in total. The van der Waals surface area contributed by atoms with Gasteiger partial charge in [0, 0.05) is 16.7 Å². The zero-order valence-corrected chi connectivity index (χ0v) is 15.3. The molecule has 0 fully saturated rings. The van der Waals surface area contributed by atoms with E-state index in [1.165, 1.54) is 6.92 Å². The molecule has 9 heteroatoms. The second-order valence-corrected chi connectivity index (χ2v) is 6.11. The molecule has 29 heavy (non-hydrogen) atoms. The Bertz CT molecular complexity index is 1080. The van der Waals surface area contributed by atoms with Crippen LogP contribution in [0.2, 0.25) is 0 Å². The first-order chi connectivity index (χ1) is 13.8. The van der Waals surface area contributed by atoms with Crippen molar-refractivity contribution in [2.24, 2.45) is 0 Å². The van der Waals surface area contributed by atoms with Gasteiger partial charge in [-0.25, -0.2) is 26.9 Å². The number of nitrogens with zero attached hydrogens (tertiary/aromatic N) is 2. The maximum Gasteiger partial charge on any atom is 0.262 e. The van der Waals surface area contributed by atoms with Crippen LogP contribution in [0.5, 0.6) is 0 Å². The van der Waals surface area contributed by atoms with Gasteiger partial charge >= 0.3 is 0 Å². The lowest BCUT2D eigenvalue weighted by atomic mass is 9.97. The molecular weight excluding hydrogens is 393 g/mol. The molecule has 0 atom stereocenters. The SMILES string of the molecule is CCc1c(F)c(F)c(C)c(F)c1-c1cnc(NC(=O)c2c(F)cccc2F)cn1. The summed E-state index contributed by atoms with van der Waals surface area (Å²) in [7, 11) is 0. The van der Waals surface area contributed by atoms with Gasteiger partial charge < -0.3 is 5.32 Å². The lowest BCUT2D eigenvalue weighted by Gasteiger charge is -2.13. The summed E-state index contributed by atoms with van der Waals surface area (Å²) in [6.45, 7) is 2.63. The fourth-order valence-electron chi connectivity index (χ4n) is 2.84. The van der Waals surface area contributed by atoms with Gasteiger partial charge in [-0.1, -0.05) is 13.0 Å². The number of rotatable bonds is 4. The molecule has 0 bridgehead atoms. The number of carbonyl (C=O) groups excluding carboxylic acids is 1. The molecule has 0 aliphatic carbocycles. The van der Waals surface area contributed by atoms with Crippen molar-refractivity contribution in [3.05, 3.63) is 76.4 Å². The quantitative estimate of drug-likeness (QED) is 0.491. The van der Waals surface area contributed by atoms with Gasteiger partial charge in [0.15, 0.2) is 17.5 Å². The van der Waals surface area contributed by atoms with Gasteiger partial charge in [-0.05, 0) is 25.5 Å². The maximum atomic E-state index is 14.6. The molecule has 0 saturated carbocycles. The summed E-state index contributed by atoms with van der Waals surface area (Å²) in [5.74, 6) is -6.79. The molecule has 3 rings (SSSR count). The van der Waals surface area contributed by atoms with Crippen LogP contribution in [-0.2, 0) is 6.42 Å². The first kappa shape index (κ1) is 20.4. The van der Waals surface area contributed by atoms with E-state index in [-0.39, 0.29) is 29.1 Å². The second-order valence-electron chi connectivity index (χ2n) is 6.11. The summed E-state index contributed by atoms with van der Waals surface area (Å²) < 4.78 is 69.9. The number of hydrogen-bond donors (Lipinski definition) is 1. The molecule has 150 valence electrons. The largest absolute Gasteiger partial charge is 0.305 e. The van der Waals surface area contributed by atoms with Gasteiger partial charge in [0.2, 0.25) is 0 Å². The summed E-state index contributed by atoms with van der Waals surface area (Å²) in [4.78, 5) is 19.9. The third kappa shape index (κ3) is 3.67. The fourth-order valence-corrected chi connectivity index (χ4v) is 2.84. The van der Waals surface area contributed by atoms with Crippen molar-refractivity contribution in [3.8, 4) is 11.3 Å². The molecule has 1 aromatic heterocycles. The lowest BCUT2D eigenvalue weighted by molar-refractivity contribution is 0.101. The van der Waals surface area contributed by atoms with E-state index in [4.69, 9.17) is 0 Å². The molecule has 1 N–H and O–H groups in total. The van der Waals surface area contributed by atoms with Gasteiger partial charge in [0.1, 0.15) is 23.0 Å². The standard InChI is InChI=1S/C20H14F5N3O/c1-3-10-15(17(23)9(2)18(24)19(10)25)13-7-27-14(8-26-13)28-20(29)16-11(21)5-4-6-12(16)22/h4-8H,3H2,1-2H3,(H,27,28,29). The Morgan fingerprint density at radius 3 is 2.17 bits per heavy atom. The summed E-state index contributed by atoms with van der Waals surface area (Å²) in [5, 5.41) is 2.17. The third-order valence-electron chi connectivity index (χ3n) is 4.33. The number of hydrogen-bond acceptors (Lipinski definition) is 3. The fraction of sp³-hybridized carbons (Fsp3) is 0.150. The summed E-state index contributed by atoms with van der Waals surface area (Å²) in [6.07, 6.45) is 2.06. The molecule has 0 radical (unpaired) electrons. The van der Waals surface area contributed by atoms with Crippen LogP contribution < -0.4 is 5.32 Å². The molecule has 1 amide bonds. The van der Waals surface area contributed by atoms with Crippen LogP contribution in [0.25, 0.3) is 11.3 Å². The van der Waals surface area contributed by atoms with E-state index in [1.807, 2.05) is 0 Å². The van der Waals surface area contributed by atoms with Crippen molar-refractivity contribution in [2.75, 3.05) is 5.32 Å². The normalized spacial score (nSPS) is 10.9. The topological polar surface area (TPSA) is 54.9 Å². The Morgan fingerprint density at radius 1 is 0.966 bits per heavy atom. The number of benzene rings is 2. The van der Waals surface area contributed by atoms with Crippen molar-refractivity contribution < 1.29 is 26.7 Å². The number of carbonyl (C=O) groups is 1. The van der Waals surface area contributed by atoms with Gasteiger partial charge in [-0.15, -0.1) is 0 Å². The van der Waals surface area contributed by atoms with Crippen LogP contribution >= 0.6 is 0 Å². The van der Waals surface area contributed by atoms with E-state index in [2.05, 4.69) is 15.3 Å². The molecule has 2 aromatic carbocycles. The van der Waals surface area contributed by atoms with Crippen molar-refractivity contribution in [1.29, 1.82) is 0 Å². The predicted molar refractivity (Wildman–Crippen MR) is 95.8 cm³/mol. The lowest BCUT2D eigenvalue weighted by Crippen LogP contribution is -2.17. The van der Waals surface area contributed by atoms with E-state index < -0.39 is 46.1 Å². The minimum atomic E-state index is -1.27. The number of nitrogens with one attached hydrogen (secondary N) is 1. The Kier molecular flexibility index (Phi) is 5.58. The minimum absolute atomic E-state index is 0.00200. The molecular formula is C20H14F5N3O. The highest BCUT2D eigenvalue weighted by atomic mass is 19.2. The minimum Gasteiger partial charge on any atom is -0.305 e. The summed E-state index contributed by atoms with van der Waals surface area (Å²) in [6, 6.07) is 2.96. The first-order valence-electron chi connectivity index (χ1n) is 8.49. The number of amides is 1. The van der Waals surface area contributed by atoms with Gasteiger partial charge in [-0.3, -0.25) is 9.78 Å².